The van der Waals surface area contributed by atoms with Gasteiger partial charge in [-0.2, -0.15) is 0 Å². The van der Waals surface area contributed by atoms with Gasteiger partial charge in [-0.1, -0.05) is 26.0 Å². The Hall–Kier alpha value is -1.88. The lowest BCUT2D eigenvalue weighted by molar-refractivity contribution is -0.122. The van der Waals surface area contributed by atoms with Crippen molar-refractivity contribution in [3.63, 3.8) is 0 Å². The molecule has 1 atom stereocenters. The molecule has 0 aliphatic rings. The molecule has 3 N–H and O–H groups in total. The monoisotopic (exact) mass is 306 g/mol. The molecule has 22 heavy (non-hydrogen) atoms. The molecule has 0 aromatic heterocycles. The summed E-state index contributed by atoms with van der Waals surface area (Å²) in [6.45, 7) is 4.06. The first-order valence-corrected chi connectivity index (χ1v) is 7.67. The summed E-state index contributed by atoms with van der Waals surface area (Å²) in [5, 5.41) is 14.7. The minimum absolute atomic E-state index is 0.0456. The standard InChI is InChI=1S/C17H26N2O3/c1-12(2)9-15(11-20)19-16(21)8-7-13-5-4-6-14(10-13)17(22)18-3/h4-6,10,12,15,20H,7-9,11H2,1-3H3,(H,18,22)(H,19,21). The molecule has 5 heteroatoms. The number of carbonyl (C=O) groups is 2. The summed E-state index contributed by atoms with van der Waals surface area (Å²) >= 11 is 0. The van der Waals surface area contributed by atoms with Crippen molar-refractivity contribution in [2.45, 2.75) is 39.2 Å². The van der Waals surface area contributed by atoms with Gasteiger partial charge in [0, 0.05) is 19.0 Å². The highest BCUT2D eigenvalue weighted by Gasteiger charge is 2.13. The van der Waals surface area contributed by atoms with Crippen molar-refractivity contribution in [2.75, 3.05) is 13.7 Å². The van der Waals surface area contributed by atoms with Crippen LogP contribution in [0.4, 0.5) is 0 Å². The maximum Gasteiger partial charge on any atom is 0.251 e. The van der Waals surface area contributed by atoms with Gasteiger partial charge >= 0.3 is 0 Å². The molecule has 0 spiro atoms. The van der Waals surface area contributed by atoms with Gasteiger partial charge in [0.1, 0.15) is 0 Å². The maximum absolute atomic E-state index is 11.9. The van der Waals surface area contributed by atoms with Gasteiger partial charge in [-0.05, 0) is 36.5 Å². The average molecular weight is 306 g/mol. The van der Waals surface area contributed by atoms with E-state index in [9.17, 15) is 14.7 Å². The molecule has 1 unspecified atom stereocenters. The number of aryl methyl sites for hydroxylation is 1. The van der Waals surface area contributed by atoms with Crippen LogP contribution in [0.15, 0.2) is 24.3 Å². The molecule has 1 aromatic carbocycles. The third-order valence-corrected chi connectivity index (χ3v) is 3.40. The highest BCUT2D eigenvalue weighted by Crippen LogP contribution is 2.09. The van der Waals surface area contributed by atoms with Crippen molar-refractivity contribution >= 4 is 11.8 Å². The van der Waals surface area contributed by atoms with Gasteiger partial charge in [-0.3, -0.25) is 9.59 Å². The van der Waals surface area contributed by atoms with Crippen LogP contribution < -0.4 is 10.6 Å². The number of benzene rings is 1. The summed E-state index contributed by atoms with van der Waals surface area (Å²) in [4.78, 5) is 23.5. The highest BCUT2D eigenvalue weighted by atomic mass is 16.3. The minimum atomic E-state index is -0.190. The molecular weight excluding hydrogens is 280 g/mol. The lowest BCUT2D eigenvalue weighted by Gasteiger charge is -2.18. The van der Waals surface area contributed by atoms with E-state index < -0.39 is 0 Å². The number of aliphatic hydroxyl groups is 1. The number of aliphatic hydroxyl groups excluding tert-OH is 1. The van der Waals surface area contributed by atoms with E-state index in [1.54, 1.807) is 19.2 Å². The smallest absolute Gasteiger partial charge is 0.251 e. The Morgan fingerprint density at radius 1 is 1.27 bits per heavy atom. The van der Waals surface area contributed by atoms with Crippen LogP contribution in [-0.4, -0.2) is 36.6 Å². The van der Waals surface area contributed by atoms with Gasteiger partial charge in [0.15, 0.2) is 0 Å². The summed E-state index contributed by atoms with van der Waals surface area (Å²) < 4.78 is 0. The van der Waals surface area contributed by atoms with E-state index in [1.165, 1.54) is 0 Å². The zero-order chi connectivity index (χ0) is 16.5. The molecule has 0 aliphatic heterocycles. The van der Waals surface area contributed by atoms with E-state index in [2.05, 4.69) is 24.5 Å². The van der Waals surface area contributed by atoms with Gasteiger partial charge in [0.2, 0.25) is 5.91 Å². The number of rotatable bonds is 8. The topological polar surface area (TPSA) is 78.4 Å². The molecule has 0 saturated carbocycles. The van der Waals surface area contributed by atoms with Crippen LogP contribution in [0.1, 0.15) is 42.6 Å². The van der Waals surface area contributed by atoms with E-state index >= 15 is 0 Å². The zero-order valence-electron chi connectivity index (χ0n) is 13.6. The second-order valence-electron chi connectivity index (χ2n) is 5.86. The number of hydrogen-bond donors (Lipinski definition) is 3. The fourth-order valence-corrected chi connectivity index (χ4v) is 2.32. The fourth-order valence-electron chi connectivity index (χ4n) is 2.32. The third-order valence-electron chi connectivity index (χ3n) is 3.40. The number of nitrogens with one attached hydrogen (secondary N) is 2. The first kappa shape index (κ1) is 18.2. The van der Waals surface area contributed by atoms with Crippen LogP contribution in [-0.2, 0) is 11.2 Å². The quantitative estimate of drug-likeness (QED) is 0.681. The minimum Gasteiger partial charge on any atom is -0.394 e. The Bertz CT molecular complexity index is 500. The van der Waals surface area contributed by atoms with Crippen LogP contribution in [0, 0.1) is 5.92 Å². The van der Waals surface area contributed by atoms with E-state index in [4.69, 9.17) is 0 Å². The summed E-state index contributed by atoms with van der Waals surface area (Å²) in [6.07, 6.45) is 1.66. The summed E-state index contributed by atoms with van der Waals surface area (Å²) in [7, 11) is 1.59. The van der Waals surface area contributed by atoms with E-state index in [0.717, 1.165) is 12.0 Å². The predicted octanol–water partition coefficient (Wildman–Crippen LogP) is 1.50. The third kappa shape index (κ3) is 6.26. The first-order chi connectivity index (χ1) is 10.5. The SMILES string of the molecule is CNC(=O)c1cccc(CCC(=O)NC(CO)CC(C)C)c1. The molecule has 0 bridgehead atoms. The van der Waals surface area contributed by atoms with Gasteiger partial charge in [0.25, 0.3) is 5.91 Å². The molecule has 0 radical (unpaired) electrons. The summed E-state index contributed by atoms with van der Waals surface area (Å²) in [5.41, 5.74) is 1.54. The van der Waals surface area contributed by atoms with Gasteiger partial charge in [-0.25, -0.2) is 0 Å². The molecule has 0 fully saturated rings. The van der Waals surface area contributed by atoms with Crippen LogP contribution in [0.25, 0.3) is 0 Å². The van der Waals surface area contributed by atoms with Gasteiger partial charge in [-0.15, -0.1) is 0 Å². The summed E-state index contributed by atoms with van der Waals surface area (Å²) in [6, 6.07) is 7.06. The molecular formula is C17H26N2O3. The van der Waals surface area contributed by atoms with Crippen molar-refractivity contribution in [3.8, 4) is 0 Å². The molecule has 2 amide bonds. The Kier molecular flexibility index (Phi) is 7.60. The largest absolute Gasteiger partial charge is 0.394 e. The van der Waals surface area contributed by atoms with Gasteiger partial charge < -0.3 is 15.7 Å². The highest BCUT2D eigenvalue weighted by molar-refractivity contribution is 5.94. The first-order valence-electron chi connectivity index (χ1n) is 7.67. The number of hydrogen-bond acceptors (Lipinski definition) is 3. The Morgan fingerprint density at radius 3 is 2.59 bits per heavy atom. The van der Waals surface area contributed by atoms with Crippen LogP contribution in [0.2, 0.25) is 0 Å². The Labute approximate surface area is 132 Å². The fraction of sp³-hybridized carbons (Fsp3) is 0.529. The molecule has 1 rings (SSSR count). The van der Waals surface area contributed by atoms with Crippen LogP contribution in [0.3, 0.4) is 0 Å². The number of carbonyl (C=O) groups excluding carboxylic acids is 2. The van der Waals surface area contributed by atoms with Crippen molar-refractivity contribution in [2.24, 2.45) is 5.92 Å². The predicted molar refractivity (Wildman–Crippen MR) is 86.6 cm³/mol. The molecule has 1 aromatic rings. The summed E-state index contributed by atoms with van der Waals surface area (Å²) in [5.74, 6) is 0.204. The van der Waals surface area contributed by atoms with E-state index in [1.807, 2.05) is 12.1 Å². The van der Waals surface area contributed by atoms with Crippen LogP contribution >= 0.6 is 0 Å². The molecule has 0 aliphatic carbocycles. The van der Waals surface area contributed by atoms with Crippen molar-refractivity contribution in [1.29, 1.82) is 0 Å². The Morgan fingerprint density at radius 2 is 2.00 bits per heavy atom. The van der Waals surface area contributed by atoms with Gasteiger partial charge in [0.05, 0.1) is 12.6 Å². The molecule has 5 nitrogen and oxygen atoms in total. The zero-order valence-corrected chi connectivity index (χ0v) is 13.6. The Balaban J connectivity index is 2.51. The average Bonchev–Trinajstić information content (AvgIpc) is 2.51. The van der Waals surface area contributed by atoms with Crippen molar-refractivity contribution in [1.82, 2.24) is 10.6 Å². The molecule has 122 valence electrons. The van der Waals surface area contributed by atoms with Crippen molar-refractivity contribution in [3.05, 3.63) is 35.4 Å². The van der Waals surface area contributed by atoms with E-state index in [-0.39, 0.29) is 24.5 Å². The molecule has 0 saturated heterocycles. The lowest BCUT2D eigenvalue weighted by atomic mass is 10.0. The maximum atomic E-state index is 11.9. The van der Waals surface area contributed by atoms with E-state index in [0.29, 0.717) is 24.3 Å². The second-order valence-corrected chi connectivity index (χ2v) is 5.86. The number of amides is 2. The second kappa shape index (κ2) is 9.20. The lowest BCUT2D eigenvalue weighted by Crippen LogP contribution is -2.38. The van der Waals surface area contributed by atoms with Crippen LogP contribution in [0.5, 0.6) is 0 Å². The van der Waals surface area contributed by atoms with Crippen molar-refractivity contribution < 1.29 is 14.7 Å². The molecule has 0 heterocycles. The normalized spacial score (nSPS) is 12.0.